The highest BCUT2D eigenvalue weighted by molar-refractivity contribution is 5.86. The van der Waals surface area contributed by atoms with Crippen LogP contribution in [-0.2, 0) is 0 Å². The van der Waals surface area contributed by atoms with Crippen molar-refractivity contribution in [2.24, 2.45) is 0 Å². The Balaban J connectivity index is 2.94. The van der Waals surface area contributed by atoms with Gasteiger partial charge in [-0.1, -0.05) is 0 Å². The standard InChI is InChI=1S/C10H10N2/c1-7-3-11-6-10-8(2)4-12-5-9(7)10/h3-6H,1-2H3. The number of pyridine rings is 2. The molecule has 0 amide bonds. The van der Waals surface area contributed by atoms with E-state index in [0.29, 0.717) is 0 Å². The molecule has 2 aromatic rings. The summed E-state index contributed by atoms with van der Waals surface area (Å²) in [6.07, 6.45) is 7.51. The summed E-state index contributed by atoms with van der Waals surface area (Å²) >= 11 is 0. The minimum atomic E-state index is 1.18. The lowest BCUT2D eigenvalue weighted by Gasteiger charge is -2.01. The second-order valence-corrected chi connectivity index (χ2v) is 3.01. The number of rotatable bonds is 0. The second-order valence-electron chi connectivity index (χ2n) is 3.01. The highest BCUT2D eigenvalue weighted by atomic mass is 14.7. The van der Waals surface area contributed by atoms with Gasteiger partial charge in [-0.2, -0.15) is 0 Å². The Morgan fingerprint density at radius 2 is 1.17 bits per heavy atom. The summed E-state index contributed by atoms with van der Waals surface area (Å²) in [6, 6.07) is 0. The van der Waals surface area contributed by atoms with E-state index in [1.165, 1.54) is 21.9 Å². The van der Waals surface area contributed by atoms with Crippen LogP contribution in [0.1, 0.15) is 11.1 Å². The largest absolute Gasteiger partial charge is 0.264 e. The zero-order valence-electron chi connectivity index (χ0n) is 7.20. The van der Waals surface area contributed by atoms with Crippen molar-refractivity contribution in [1.29, 1.82) is 0 Å². The van der Waals surface area contributed by atoms with Crippen molar-refractivity contribution in [2.75, 3.05) is 0 Å². The van der Waals surface area contributed by atoms with E-state index in [-0.39, 0.29) is 0 Å². The fourth-order valence-electron chi connectivity index (χ4n) is 1.35. The molecule has 2 aromatic heterocycles. The van der Waals surface area contributed by atoms with E-state index < -0.39 is 0 Å². The fraction of sp³-hybridized carbons (Fsp3) is 0.200. The molecule has 0 aliphatic carbocycles. The van der Waals surface area contributed by atoms with Crippen molar-refractivity contribution in [3.63, 3.8) is 0 Å². The third-order valence-electron chi connectivity index (χ3n) is 2.08. The van der Waals surface area contributed by atoms with Gasteiger partial charge in [-0.15, -0.1) is 0 Å². The highest BCUT2D eigenvalue weighted by Gasteiger charge is 1.98. The van der Waals surface area contributed by atoms with E-state index in [0.717, 1.165) is 0 Å². The number of fused-ring (bicyclic) bond motifs is 1. The number of hydrogen-bond donors (Lipinski definition) is 0. The summed E-state index contributed by atoms with van der Waals surface area (Å²) in [5.41, 5.74) is 2.37. The molecule has 0 unspecified atom stereocenters. The minimum Gasteiger partial charge on any atom is -0.264 e. The Labute approximate surface area is 71.3 Å². The molecule has 2 nitrogen and oxygen atoms in total. The van der Waals surface area contributed by atoms with E-state index in [9.17, 15) is 0 Å². The fourth-order valence-corrected chi connectivity index (χ4v) is 1.35. The molecule has 0 fully saturated rings. The van der Waals surface area contributed by atoms with Crippen LogP contribution in [-0.4, -0.2) is 9.97 Å². The Bertz CT molecular complexity index is 380. The van der Waals surface area contributed by atoms with Gasteiger partial charge in [0.1, 0.15) is 0 Å². The number of aryl methyl sites for hydroxylation is 2. The van der Waals surface area contributed by atoms with Gasteiger partial charge in [0.05, 0.1) is 0 Å². The van der Waals surface area contributed by atoms with Crippen LogP contribution in [0, 0.1) is 13.8 Å². The average Bonchev–Trinajstić information content (AvgIpc) is 2.07. The minimum absolute atomic E-state index is 1.18. The first kappa shape index (κ1) is 7.22. The van der Waals surface area contributed by atoms with Gasteiger partial charge < -0.3 is 0 Å². The quantitative estimate of drug-likeness (QED) is 0.587. The normalized spacial score (nSPS) is 10.5. The van der Waals surface area contributed by atoms with Gasteiger partial charge >= 0.3 is 0 Å². The molecule has 12 heavy (non-hydrogen) atoms. The summed E-state index contributed by atoms with van der Waals surface area (Å²) in [5, 5.41) is 2.40. The molecule has 0 aliphatic rings. The van der Waals surface area contributed by atoms with Gasteiger partial charge in [-0.25, -0.2) is 0 Å². The smallest absolute Gasteiger partial charge is 0.0350 e. The molecule has 0 N–H and O–H groups in total. The van der Waals surface area contributed by atoms with Crippen molar-refractivity contribution in [2.45, 2.75) is 13.8 Å². The van der Waals surface area contributed by atoms with Crippen LogP contribution < -0.4 is 0 Å². The summed E-state index contributed by atoms with van der Waals surface area (Å²) in [4.78, 5) is 8.29. The first-order valence-electron chi connectivity index (χ1n) is 3.94. The van der Waals surface area contributed by atoms with Gasteiger partial charge in [0.2, 0.25) is 0 Å². The molecule has 0 aliphatic heterocycles. The van der Waals surface area contributed by atoms with E-state index >= 15 is 0 Å². The van der Waals surface area contributed by atoms with Gasteiger partial charge in [0.15, 0.2) is 0 Å². The predicted molar refractivity (Wildman–Crippen MR) is 49.0 cm³/mol. The maximum absolute atomic E-state index is 4.15. The summed E-state index contributed by atoms with van der Waals surface area (Å²) in [5.74, 6) is 0. The van der Waals surface area contributed by atoms with Gasteiger partial charge in [0.25, 0.3) is 0 Å². The van der Waals surface area contributed by atoms with Crippen LogP contribution in [0.3, 0.4) is 0 Å². The topological polar surface area (TPSA) is 25.8 Å². The average molecular weight is 158 g/mol. The van der Waals surface area contributed by atoms with E-state index in [1.807, 2.05) is 24.8 Å². The van der Waals surface area contributed by atoms with Crippen LogP contribution in [0.5, 0.6) is 0 Å². The molecular weight excluding hydrogens is 148 g/mol. The molecule has 0 saturated heterocycles. The van der Waals surface area contributed by atoms with Crippen molar-refractivity contribution < 1.29 is 0 Å². The molecule has 2 rings (SSSR count). The maximum Gasteiger partial charge on any atom is 0.0350 e. The molecule has 0 spiro atoms. The van der Waals surface area contributed by atoms with Crippen molar-refractivity contribution >= 4 is 10.8 Å². The number of hydrogen-bond acceptors (Lipinski definition) is 2. The summed E-state index contributed by atoms with van der Waals surface area (Å²) in [6.45, 7) is 4.10. The maximum atomic E-state index is 4.15. The predicted octanol–water partition coefficient (Wildman–Crippen LogP) is 2.25. The van der Waals surface area contributed by atoms with Crippen LogP contribution in [0.4, 0.5) is 0 Å². The lowest BCUT2D eigenvalue weighted by atomic mass is 10.1. The molecule has 0 radical (unpaired) electrons. The van der Waals surface area contributed by atoms with Crippen molar-refractivity contribution in [3.8, 4) is 0 Å². The number of aromatic nitrogens is 2. The van der Waals surface area contributed by atoms with Crippen LogP contribution in [0.15, 0.2) is 24.8 Å². The highest BCUT2D eigenvalue weighted by Crippen LogP contribution is 2.17. The monoisotopic (exact) mass is 158 g/mol. The Morgan fingerprint density at radius 3 is 1.58 bits per heavy atom. The number of nitrogens with zero attached hydrogens (tertiary/aromatic N) is 2. The molecule has 2 heterocycles. The van der Waals surface area contributed by atoms with Gasteiger partial charge in [-0.3, -0.25) is 9.97 Å². The Kier molecular flexibility index (Phi) is 1.54. The Hall–Kier alpha value is -1.44. The molecule has 2 heteroatoms. The van der Waals surface area contributed by atoms with Crippen LogP contribution in [0.2, 0.25) is 0 Å². The molecule has 60 valence electrons. The molecule has 0 bridgehead atoms. The van der Waals surface area contributed by atoms with E-state index in [1.54, 1.807) is 0 Å². The third kappa shape index (κ3) is 0.961. The first-order chi connectivity index (χ1) is 5.79. The third-order valence-corrected chi connectivity index (χ3v) is 2.08. The molecular formula is C10H10N2. The summed E-state index contributed by atoms with van der Waals surface area (Å²) < 4.78 is 0. The van der Waals surface area contributed by atoms with Gasteiger partial charge in [-0.05, 0) is 25.0 Å². The zero-order chi connectivity index (χ0) is 8.55. The Morgan fingerprint density at radius 1 is 0.750 bits per heavy atom. The zero-order valence-corrected chi connectivity index (χ0v) is 7.20. The van der Waals surface area contributed by atoms with E-state index in [4.69, 9.17) is 0 Å². The van der Waals surface area contributed by atoms with Crippen molar-refractivity contribution in [3.05, 3.63) is 35.9 Å². The van der Waals surface area contributed by atoms with Crippen LogP contribution >= 0.6 is 0 Å². The van der Waals surface area contributed by atoms with Gasteiger partial charge in [0, 0.05) is 35.6 Å². The lowest BCUT2D eigenvalue weighted by Crippen LogP contribution is -1.85. The van der Waals surface area contributed by atoms with E-state index in [2.05, 4.69) is 23.8 Å². The lowest BCUT2D eigenvalue weighted by molar-refractivity contribution is 1.25. The van der Waals surface area contributed by atoms with Crippen LogP contribution in [0.25, 0.3) is 10.8 Å². The SMILES string of the molecule is Cc1cncc2c(C)cncc12. The first-order valence-corrected chi connectivity index (χ1v) is 3.94. The molecule has 0 atom stereocenters. The molecule has 0 aromatic carbocycles. The summed E-state index contributed by atoms with van der Waals surface area (Å²) in [7, 11) is 0. The second kappa shape index (κ2) is 2.55. The molecule has 0 saturated carbocycles. The van der Waals surface area contributed by atoms with Crippen molar-refractivity contribution in [1.82, 2.24) is 9.97 Å².